The first-order valence-corrected chi connectivity index (χ1v) is 5.46. The highest BCUT2D eigenvalue weighted by Crippen LogP contribution is 2.15. The fourth-order valence-corrected chi connectivity index (χ4v) is 1.56. The van der Waals surface area contributed by atoms with Gasteiger partial charge in [-0.3, -0.25) is 0 Å². The van der Waals surface area contributed by atoms with Crippen molar-refractivity contribution in [3.63, 3.8) is 0 Å². The molecule has 0 aromatic carbocycles. The highest BCUT2D eigenvalue weighted by molar-refractivity contribution is 6.16. The minimum absolute atomic E-state index is 0.0664. The van der Waals surface area contributed by atoms with Crippen molar-refractivity contribution in [3.05, 3.63) is 47.8 Å². The maximum absolute atomic E-state index is 9.01. The molecule has 16 heavy (non-hydrogen) atoms. The smallest absolute Gasteiger partial charge is 0.0890 e. The van der Waals surface area contributed by atoms with Gasteiger partial charge in [0.05, 0.1) is 35.3 Å². The van der Waals surface area contributed by atoms with Crippen LogP contribution in [0.5, 0.6) is 0 Å². The molecule has 4 heteroatoms. The minimum Gasteiger partial charge on any atom is -0.390 e. The summed E-state index contributed by atoms with van der Waals surface area (Å²) in [4.78, 5) is 8.64. The van der Waals surface area contributed by atoms with Gasteiger partial charge in [0.25, 0.3) is 0 Å². The van der Waals surface area contributed by atoms with E-state index < -0.39 is 0 Å². The van der Waals surface area contributed by atoms with Crippen molar-refractivity contribution in [1.29, 1.82) is 0 Å². The molecule has 2 heterocycles. The number of nitrogens with zero attached hydrogens (tertiary/aromatic N) is 2. The molecule has 82 valence electrons. The summed E-state index contributed by atoms with van der Waals surface area (Å²) in [6.45, 7) is -0.0664. The predicted molar refractivity (Wildman–Crippen MR) is 62.9 cm³/mol. The number of hydrogen-bond acceptors (Lipinski definition) is 3. The van der Waals surface area contributed by atoms with Crippen molar-refractivity contribution in [2.45, 2.75) is 12.5 Å². The van der Waals surface area contributed by atoms with Crippen LogP contribution >= 0.6 is 11.6 Å². The van der Waals surface area contributed by atoms with Crippen molar-refractivity contribution in [3.8, 4) is 11.4 Å². The van der Waals surface area contributed by atoms with E-state index in [-0.39, 0.29) is 6.61 Å². The molecular weight excluding hydrogens is 224 g/mol. The Morgan fingerprint density at radius 1 is 0.938 bits per heavy atom. The van der Waals surface area contributed by atoms with Crippen LogP contribution in [0, 0.1) is 0 Å². The van der Waals surface area contributed by atoms with Crippen molar-refractivity contribution >= 4 is 11.6 Å². The molecule has 0 radical (unpaired) electrons. The highest BCUT2D eigenvalue weighted by atomic mass is 35.5. The SMILES string of the molecule is OCc1cccc(-c2cccc(CCl)n2)n1. The summed E-state index contributed by atoms with van der Waals surface area (Å²) in [6, 6.07) is 11.1. The predicted octanol–water partition coefficient (Wildman–Crippen LogP) is 2.37. The normalized spacial score (nSPS) is 10.4. The van der Waals surface area contributed by atoms with Crippen LogP contribution in [-0.2, 0) is 12.5 Å². The Labute approximate surface area is 98.8 Å². The summed E-state index contributed by atoms with van der Waals surface area (Å²) in [5, 5.41) is 9.01. The third-order valence-electron chi connectivity index (χ3n) is 2.17. The number of halogens is 1. The van der Waals surface area contributed by atoms with Gasteiger partial charge < -0.3 is 5.11 Å². The quantitative estimate of drug-likeness (QED) is 0.830. The number of alkyl halides is 1. The molecule has 0 saturated carbocycles. The van der Waals surface area contributed by atoms with E-state index >= 15 is 0 Å². The molecule has 0 fully saturated rings. The van der Waals surface area contributed by atoms with Gasteiger partial charge in [-0.2, -0.15) is 0 Å². The Morgan fingerprint density at radius 3 is 2.06 bits per heavy atom. The van der Waals surface area contributed by atoms with Gasteiger partial charge in [-0.1, -0.05) is 12.1 Å². The lowest BCUT2D eigenvalue weighted by Gasteiger charge is -2.03. The van der Waals surface area contributed by atoms with Crippen molar-refractivity contribution in [2.75, 3.05) is 0 Å². The summed E-state index contributed by atoms with van der Waals surface area (Å²) in [5.74, 6) is 0.382. The molecule has 2 aromatic rings. The Morgan fingerprint density at radius 2 is 1.50 bits per heavy atom. The van der Waals surface area contributed by atoms with Gasteiger partial charge in [-0.15, -0.1) is 11.6 Å². The van der Waals surface area contributed by atoms with Gasteiger partial charge in [0.1, 0.15) is 0 Å². The maximum Gasteiger partial charge on any atom is 0.0890 e. The van der Waals surface area contributed by atoms with E-state index in [1.807, 2.05) is 30.3 Å². The lowest BCUT2D eigenvalue weighted by atomic mass is 10.2. The first kappa shape index (κ1) is 11.0. The maximum atomic E-state index is 9.01. The number of pyridine rings is 2. The van der Waals surface area contributed by atoms with Gasteiger partial charge in [0.2, 0.25) is 0 Å². The number of rotatable bonds is 3. The minimum atomic E-state index is -0.0664. The Bertz CT molecular complexity index is 442. The molecule has 2 rings (SSSR count). The molecule has 0 saturated heterocycles. The molecule has 0 aliphatic carbocycles. The summed E-state index contributed by atoms with van der Waals surface area (Å²) < 4.78 is 0. The standard InChI is InChI=1S/C12H11ClN2O/c13-7-9-3-1-5-11(14-9)12-6-2-4-10(8-16)15-12/h1-6,16H,7-8H2. The second-order valence-electron chi connectivity index (χ2n) is 3.32. The molecule has 0 amide bonds. The van der Waals surface area contributed by atoms with Crippen molar-refractivity contribution in [2.24, 2.45) is 0 Å². The van der Waals surface area contributed by atoms with E-state index in [4.69, 9.17) is 16.7 Å². The summed E-state index contributed by atoms with van der Waals surface area (Å²) in [6.07, 6.45) is 0. The van der Waals surface area contributed by atoms with Crippen LogP contribution in [0.2, 0.25) is 0 Å². The summed E-state index contributed by atoms with van der Waals surface area (Å²) in [5.41, 5.74) is 2.97. The van der Waals surface area contributed by atoms with Gasteiger partial charge in [-0.25, -0.2) is 9.97 Å². The van der Waals surface area contributed by atoms with Crippen LogP contribution in [0.25, 0.3) is 11.4 Å². The lowest BCUT2D eigenvalue weighted by Crippen LogP contribution is -1.94. The Hall–Kier alpha value is -1.45. The fourth-order valence-electron chi connectivity index (χ4n) is 1.41. The van der Waals surface area contributed by atoms with Crippen molar-refractivity contribution < 1.29 is 5.11 Å². The van der Waals surface area contributed by atoms with Crippen molar-refractivity contribution in [1.82, 2.24) is 9.97 Å². The first-order valence-electron chi connectivity index (χ1n) is 4.92. The number of aliphatic hydroxyl groups is 1. The van der Waals surface area contributed by atoms with Gasteiger partial charge in [0.15, 0.2) is 0 Å². The van der Waals surface area contributed by atoms with Crippen LogP contribution in [-0.4, -0.2) is 15.1 Å². The third-order valence-corrected chi connectivity index (χ3v) is 2.45. The van der Waals surface area contributed by atoms with Crippen LogP contribution < -0.4 is 0 Å². The second-order valence-corrected chi connectivity index (χ2v) is 3.59. The Balaban J connectivity index is 2.41. The molecule has 0 unspecified atom stereocenters. The second kappa shape index (κ2) is 5.05. The highest BCUT2D eigenvalue weighted by Gasteiger charge is 2.02. The van der Waals surface area contributed by atoms with Gasteiger partial charge >= 0.3 is 0 Å². The van der Waals surface area contributed by atoms with Crippen LogP contribution in [0.4, 0.5) is 0 Å². The largest absolute Gasteiger partial charge is 0.390 e. The van der Waals surface area contributed by atoms with Crippen LogP contribution in [0.3, 0.4) is 0 Å². The fraction of sp³-hybridized carbons (Fsp3) is 0.167. The number of aliphatic hydroxyl groups excluding tert-OH is 1. The van der Waals surface area contributed by atoms with Gasteiger partial charge in [0, 0.05) is 0 Å². The van der Waals surface area contributed by atoms with E-state index in [0.717, 1.165) is 17.1 Å². The van der Waals surface area contributed by atoms with E-state index in [1.54, 1.807) is 6.07 Å². The molecule has 0 bridgehead atoms. The monoisotopic (exact) mass is 234 g/mol. The first-order chi connectivity index (χ1) is 7.83. The zero-order chi connectivity index (χ0) is 11.4. The van der Waals surface area contributed by atoms with E-state index in [1.165, 1.54) is 0 Å². The molecule has 0 aliphatic rings. The van der Waals surface area contributed by atoms with Crippen LogP contribution in [0.1, 0.15) is 11.4 Å². The van der Waals surface area contributed by atoms with E-state index in [2.05, 4.69) is 9.97 Å². The topological polar surface area (TPSA) is 46.0 Å². The third kappa shape index (κ3) is 2.38. The molecular formula is C12H11ClN2O. The summed E-state index contributed by atoms with van der Waals surface area (Å²) >= 11 is 5.72. The van der Waals surface area contributed by atoms with E-state index in [0.29, 0.717) is 11.6 Å². The number of aromatic nitrogens is 2. The zero-order valence-corrected chi connectivity index (χ0v) is 9.35. The van der Waals surface area contributed by atoms with Gasteiger partial charge in [-0.05, 0) is 24.3 Å². The molecule has 0 aliphatic heterocycles. The molecule has 3 nitrogen and oxygen atoms in total. The summed E-state index contributed by atoms with van der Waals surface area (Å²) in [7, 11) is 0. The van der Waals surface area contributed by atoms with Crippen LogP contribution in [0.15, 0.2) is 36.4 Å². The molecule has 0 spiro atoms. The molecule has 2 aromatic heterocycles. The average molecular weight is 235 g/mol. The molecule has 1 N–H and O–H groups in total. The zero-order valence-electron chi connectivity index (χ0n) is 8.60. The molecule has 0 atom stereocenters. The number of hydrogen-bond donors (Lipinski definition) is 1. The lowest BCUT2D eigenvalue weighted by molar-refractivity contribution is 0.277. The average Bonchev–Trinajstić information content (AvgIpc) is 2.39. The van der Waals surface area contributed by atoms with E-state index in [9.17, 15) is 0 Å². The Kier molecular flexibility index (Phi) is 3.49.